The van der Waals surface area contributed by atoms with E-state index in [1.807, 2.05) is 41.3 Å². The van der Waals surface area contributed by atoms with E-state index in [2.05, 4.69) is 26.6 Å². The summed E-state index contributed by atoms with van der Waals surface area (Å²) in [6, 6.07) is 13.5. The lowest BCUT2D eigenvalue weighted by Gasteiger charge is -2.22. The predicted octanol–water partition coefficient (Wildman–Crippen LogP) is 3.78. The van der Waals surface area contributed by atoms with Crippen molar-refractivity contribution in [3.63, 3.8) is 0 Å². The van der Waals surface area contributed by atoms with E-state index in [1.165, 1.54) is 6.42 Å². The molecular formula is C22H21N7O. The molecule has 0 spiro atoms. The average Bonchev–Trinajstić information content (AvgIpc) is 3.40. The summed E-state index contributed by atoms with van der Waals surface area (Å²) < 4.78 is 9.44. The molecular weight excluding hydrogens is 378 g/mol. The third kappa shape index (κ3) is 3.75. The number of rotatable bonds is 5. The van der Waals surface area contributed by atoms with Gasteiger partial charge < -0.3 is 10.1 Å². The Bertz CT molecular complexity index is 1200. The summed E-state index contributed by atoms with van der Waals surface area (Å²) in [5.74, 6) is 0.504. The van der Waals surface area contributed by atoms with Crippen LogP contribution in [0.5, 0.6) is 0 Å². The summed E-state index contributed by atoms with van der Waals surface area (Å²) in [6.07, 6.45) is 9.26. The van der Waals surface area contributed by atoms with E-state index in [0.29, 0.717) is 11.5 Å². The highest BCUT2D eigenvalue weighted by Gasteiger charge is 2.15. The van der Waals surface area contributed by atoms with Crippen LogP contribution >= 0.6 is 0 Å². The molecule has 8 nitrogen and oxygen atoms in total. The lowest BCUT2D eigenvalue weighted by molar-refractivity contribution is 0.00400. The highest BCUT2D eigenvalue weighted by Crippen LogP contribution is 2.25. The van der Waals surface area contributed by atoms with Crippen LogP contribution in [-0.4, -0.2) is 37.1 Å². The molecule has 1 fully saturated rings. The molecule has 1 saturated heterocycles. The van der Waals surface area contributed by atoms with Gasteiger partial charge in [0.05, 0.1) is 36.2 Å². The van der Waals surface area contributed by atoms with Gasteiger partial charge in [-0.05, 0) is 49.1 Å². The highest BCUT2D eigenvalue weighted by molar-refractivity contribution is 5.78. The van der Waals surface area contributed by atoms with Crippen LogP contribution < -0.4 is 5.32 Å². The van der Waals surface area contributed by atoms with Gasteiger partial charge in [-0.2, -0.15) is 15.3 Å². The number of nitriles is 1. The van der Waals surface area contributed by atoms with E-state index < -0.39 is 0 Å². The number of aromatic nitrogens is 5. The van der Waals surface area contributed by atoms with Crippen LogP contribution in [0.1, 0.15) is 24.8 Å². The number of fused-ring (bicyclic) bond motifs is 1. The first-order valence-corrected chi connectivity index (χ1v) is 10.1. The molecule has 0 amide bonds. The fourth-order valence-electron chi connectivity index (χ4n) is 3.73. The van der Waals surface area contributed by atoms with Crippen LogP contribution in [-0.2, 0) is 11.3 Å². The van der Waals surface area contributed by atoms with Crippen molar-refractivity contribution >= 4 is 17.3 Å². The number of ether oxygens (including phenoxy) is 1. The predicted molar refractivity (Wildman–Crippen MR) is 112 cm³/mol. The Hall–Kier alpha value is -3.70. The quantitative estimate of drug-likeness (QED) is 0.549. The number of hydrogen-bond donors (Lipinski definition) is 1. The number of nitrogens with zero attached hydrogens (tertiary/aromatic N) is 6. The SMILES string of the molecule is N#Cc1ccc(-c2cccn3nc(Nc4cnn(C[C@H]5CCCCO5)c4)nc23)cc1. The Balaban J connectivity index is 1.36. The van der Waals surface area contributed by atoms with Crippen molar-refractivity contribution in [3.8, 4) is 17.2 Å². The van der Waals surface area contributed by atoms with Crippen molar-refractivity contribution in [2.75, 3.05) is 11.9 Å². The van der Waals surface area contributed by atoms with Gasteiger partial charge in [0.2, 0.25) is 5.95 Å². The molecule has 1 atom stereocenters. The third-order valence-corrected chi connectivity index (χ3v) is 5.24. The summed E-state index contributed by atoms with van der Waals surface area (Å²) in [5.41, 5.74) is 4.14. The van der Waals surface area contributed by atoms with Crippen molar-refractivity contribution in [1.82, 2.24) is 24.4 Å². The molecule has 1 aliphatic rings. The van der Waals surface area contributed by atoms with Crippen molar-refractivity contribution in [2.45, 2.75) is 31.9 Å². The average molecular weight is 399 g/mol. The monoisotopic (exact) mass is 399 g/mol. The summed E-state index contributed by atoms with van der Waals surface area (Å²) >= 11 is 0. The van der Waals surface area contributed by atoms with Crippen LogP contribution in [0.15, 0.2) is 55.0 Å². The van der Waals surface area contributed by atoms with Gasteiger partial charge in [0.25, 0.3) is 0 Å². The lowest BCUT2D eigenvalue weighted by Crippen LogP contribution is -2.24. The molecule has 150 valence electrons. The second kappa shape index (κ2) is 7.97. The van der Waals surface area contributed by atoms with E-state index in [4.69, 9.17) is 10.00 Å². The molecule has 30 heavy (non-hydrogen) atoms. The number of anilines is 2. The van der Waals surface area contributed by atoms with Crippen molar-refractivity contribution in [3.05, 3.63) is 60.6 Å². The van der Waals surface area contributed by atoms with Crippen molar-refractivity contribution < 1.29 is 4.74 Å². The van der Waals surface area contributed by atoms with Crippen LogP contribution in [0.3, 0.4) is 0 Å². The summed E-state index contributed by atoms with van der Waals surface area (Å²) in [7, 11) is 0. The second-order valence-electron chi connectivity index (χ2n) is 7.38. The number of benzene rings is 1. The normalized spacial score (nSPS) is 16.4. The maximum absolute atomic E-state index is 9.01. The molecule has 5 rings (SSSR count). The van der Waals surface area contributed by atoms with Gasteiger partial charge in [-0.3, -0.25) is 4.68 Å². The maximum atomic E-state index is 9.01. The topological polar surface area (TPSA) is 93.1 Å². The molecule has 0 aliphatic carbocycles. The van der Waals surface area contributed by atoms with E-state index in [-0.39, 0.29) is 6.10 Å². The largest absolute Gasteiger partial charge is 0.376 e. The molecule has 0 saturated carbocycles. The van der Waals surface area contributed by atoms with E-state index in [9.17, 15) is 0 Å². The smallest absolute Gasteiger partial charge is 0.247 e. The van der Waals surface area contributed by atoms with Gasteiger partial charge in [0, 0.05) is 24.6 Å². The van der Waals surface area contributed by atoms with Gasteiger partial charge in [0.1, 0.15) is 0 Å². The first-order valence-electron chi connectivity index (χ1n) is 10.1. The summed E-state index contributed by atoms with van der Waals surface area (Å²) in [5, 5.41) is 21.2. The third-order valence-electron chi connectivity index (χ3n) is 5.24. The number of nitrogens with one attached hydrogen (secondary N) is 1. The molecule has 1 aromatic carbocycles. The van der Waals surface area contributed by atoms with E-state index in [1.54, 1.807) is 22.8 Å². The number of hydrogen-bond acceptors (Lipinski definition) is 6. The molecule has 8 heteroatoms. The summed E-state index contributed by atoms with van der Waals surface area (Å²) in [4.78, 5) is 4.67. The van der Waals surface area contributed by atoms with E-state index >= 15 is 0 Å². The molecule has 0 bridgehead atoms. The molecule has 4 aromatic rings. The Morgan fingerprint density at radius 3 is 2.90 bits per heavy atom. The standard InChI is InChI=1S/C22H21N7O/c23-12-16-6-8-17(9-7-16)20-5-3-10-29-21(20)26-22(27-29)25-18-13-24-28(14-18)15-19-4-1-2-11-30-19/h3,5-10,13-14,19H,1-2,4,11,15H2,(H,25,27)/t19-/m1/s1. The fraction of sp³-hybridized carbons (Fsp3) is 0.273. The van der Waals surface area contributed by atoms with Crippen LogP contribution in [0, 0.1) is 11.3 Å². The minimum absolute atomic E-state index is 0.231. The highest BCUT2D eigenvalue weighted by atomic mass is 16.5. The maximum Gasteiger partial charge on any atom is 0.247 e. The molecule has 0 unspecified atom stereocenters. The Morgan fingerprint density at radius 1 is 1.20 bits per heavy atom. The Kier molecular flexibility index (Phi) is 4.87. The van der Waals surface area contributed by atoms with Crippen LogP contribution in [0.2, 0.25) is 0 Å². The second-order valence-corrected chi connectivity index (χ2v) is 7.38. The molecule has 1 aliphatic heterocycles. The first kappa shape index (κ1) is 18.3. The molecule has 1 N–H and O–H groups in total. The molecule has 3 aromatic heterocycles. The van der Waals surface area contributed by atoms with Crippen LogP contribution in [0.25, 0.3) is 16.8 Å². The first-order chi connectivity index (χ1) is 14.8. The zero-order valence-electron chi connectivity index (χ0n) is 16.4. The minimum Gasteiger partial charge on any atom is -0.376 e. The molecule has 0 radical (unpaired) electrons. The van der Waals surface area contributed by atoms with Gasteiger partial charge in [0.15, 0.2) is 5.65 Å². The van der Waals surface area contributed by atoms with Crippen LogP contribution in [0.4, 0.5) is 11.6 Å². The zero-order valence-corrected chi connectivity index (χ0v) is 16.4. The van der Waals surface area contributed by atoms with Crippen molar-refractivity contribution in [2.24, 2.45) is 0 Å². The zero-order chi connectivity index (χ0) is 20.3. The van der Waals surface area contributed by atoms with E-state index in [0.717, 1.165) is 48.5 Å². The van der Waals surface area contributed by atoms with Crippen molar-refractivity contribution in [1.29, 1.82) is 5.26 Å². The summed E-state index contributed by atoms with van der Waals surface area (Å²) in [6.45, 7) is 1.59. The Labute approximate surface area is 173 Å². The molecule has 4 heterocycles. The van der Waals surface area contributed by atoms with Gasteiger partial charge >= 0.3 is 0 Å². The van der Waals surface area contributed by atoms with Gasteiger partial charge in [-0.1, -0.05) is 12.1 Å². The lowest BCUT2D eigenvalue weighted by atomic mass is 10.1. The Morgan fingerprint density at radius 2 is 2.10 bits per heavy atom. The minimum atomic E-state index is 0.231. The number of pyridine rings is 1. The van der Waals surface area contributed by atoms with Gasteiger partial charge in [-0.15, -0.1) is 5.10 Å². The fourth-order valence-corrected chi connectivity index (χ4v) is 3.73. The van der Waals surface area contributed by atoms with Gasteiger partial charge in [-0.25, -0.2) is 4.52 Å².